The third kappa shape index (κ3) is 3.79. The molecule has 6 rings (SSSR count). The normalized spacial score (nSPS) is 12.6. The molecule has 0 saturated heterocycles. The molecule has 0 atom stereocenters. The van der Waals surface area contributed by atoms with Crippen LogP contribution in [0.2, 0.25) is 0 Å². The second-order valence-corrected chi connectivity index (χ2v) is 8.77. The summed E-state index contributed by atoms with van der Waals surface area (Å²) in [6.07, 6.45) is 0. The molecule has 1 aliphatic rings. The van der Waals surface area contributed by atoms with E-state index < -0.39 is 17.8 Å². The molecule has 0 fully saturated rings. The maximum Gasteiger partial charge on any atom is 0.335 e. The number of oxazole rings is 1. The summed E-state index contributed by atoms with van der Waals surface area (Å²) in [5, 5.41) is 9.34. The Morgan fingerprint density at radius 1 is 0.846 bits per heavy atom. The number of aromatic carboxylic acids is 1. The number of aromatic nitrogens is 1. The van der Waals surface area contributed by atoms with Crippen molar-refractivity contribution in [2.45, 2.75) is 0 Å². The number of methoxy groups -OCH3 is 2. The summed E-state index contributed by atoms with van der Waals surface area (Å²) >= 11 is 0. The van der Waals surface area contributed by atoms with Gasteiger partial charge in [-0.3, -0.25) is 9.59 Å². The zero-order valence-corrected chi connectivity index (χ0v) is 20.8. The predicted octanol–water partition coefficient (Wildman–Crippen LogP) is 5.68. The summed E-state index contributed by atoms with van der Waals surface area (Å²) in [5.74, 6) is -0.933. The van der Waals surface area contributed by atoms with E-state index in [1.165, 1.54) is 18.2 Å². The number of nitrogens with zero attached hydrogens (tertiary/aromatic N) is 2. The minimum absolute atomic E-state index is 0.0253. The Balaban J connectivity index is 1.50. The lowest BCUT2D eigenvalue weighted by molar-refractivity contribution is 0.0696. The number of fused-ring (bicyclic) bond motifs is 2. The van der Waals surface area contributed by atoms with E-state index in [4.69, 9.17) is 18.9 Å². The number of imide groups is 1. The first-order chi connectivity index (χ1) is 18.9. The van der Waals surface area contributed by atoms with Crippen LogP contribution in [0.4, 0.5) is 5.69 Å². The molecular weight excluding hydrogens is 500 g/mol. The molecule has 2 amide bonds. The maximum absolute atomic E-state index is 13.4. The summed E-state index contributed by atoms with van der Waals surface area (Å²) in [4.78, 5) is 43.9. The highest BCUT2D eigenvalue weighted by atomic mass is 16.5. The number of carbonyl (C=O) groups is 3. The average Bonchev–Trinajstić information content (AvgIpc) is 3.50. The van der Waals surface area contributed by atoms with Crippen LogP contribution in [0.3, 0.4) is 0 Å². The lowest BCUT2D eigenvalue weighted by Gasteiger charge is -2.16. The Morgan fingerprint density at radius 3 is 2.41 bits per heavy atom. The number of benzene rings is 4. The van der Waals surface area contributed by atoms with Gasteiger partial charge in [0.2, 0.25) is 5.89 Å². The predicted molar refractivity (Wildman–Crippen MR) is 143 cm³/mol. The lowest BCUT2D eigenvalue weighted by Crippen LogP contribution is -2.29. The molecule has 0 bridgehead atoms. The summed E-state index contributed by atoms with van der Waals surface area (Å²) < 4.78 is 17.2. The van der Waals surface area contributed by atoms with Crippen LogP contribution < -0.4 is 14.4 Å². The number of anilines is 1. The standard InChI is InChI=1S/C30H20N2O7/c1-37-18-7-5-6-16(14-18)25-23(38-2)12-13-24-26(25)31-27(39-24)20-8-3-4-9-22(20)32-28(33)19-11-10-17(30(35)36)15-21(19)29(32)34/h3-15H,1-2H3,(H,35,36). The maximum atomic E-state index is 13.4. The SMILES string of the molecule is COc1cccc(-c2c(OC)ccc3oc(-c4ccccc4N4C(=O)c5ccc(C(=O)O)cc5C4=O)nc23)c1. The fourth-order valence-corrected chi connectivity index (χ4v) is 4.76. The largest absolute Gasteiger partial charge is 0.497 e. The third-order valence-electron chi connectivity index (χ3n) is 6.61. The monoisotopic (exact) mass is 520 g/mol. The van der Waals surface area contributed by atoms with E-state index >= 15 is 0 Å². The summed E-state index contributed by atoms with van der Waals surface area (Å²) in [6.45, 7) is 0. The average molecular weight is 520 g/mol. The fourth-order valence-electron chi connectivity index (χ4n) is 4.76. The van der Waals surface area contributed by atoms with Crippen molar-refractivity contribution < 1.29 is 33.4 Å². The van der Waals surface area contributed by atoms with Gasteiger partial charge in [0.25, 0.3) is 11.8 Å². The van der Waals surface area contributed by atoms with Crippen LogP contribution in [0, 0.1) is 0 Å². The van der Waals surface area contributed by atoms with Crippen LogP contribution in [-0.2, 0) is 0 Å². The Hall–Kier alpha value is -5.44. The van der Waals surface area contributed by atoms with E-state index in [1.54, 1.807) is 50.6 Å². The van der Waals surface area contributed by atoms with E-state index in [2.05, 4.69) is 0 Å². The summed E-state index contributed by atoms with van der Waals surface area (Å²) in [6, 6.07) is 21.6. The van der Waals surface area contributed by atoms with Crippen molar-refractivity contribution in [1.29, 1.82) is 0 Å². The Kier molecular flexibility index (Phi) is 5.61. The van der Waals surface area contributed by atoms with Gasteiger partial charge in [0, 0.05) is 0 Å². The molecule has 9 heteroatoms. The van der Waals surface area contributed by atoms with Gasteiger partial charge < -0.3 is 19.0 Å². The highest BCUT2D eigenvalue weighted by Gasteiger charge is 2.38. The number of hydrogen-bond acceptors (Lipinski definition) is 7. The number of hydrogen-bond donors (Lipinski definition) is 1. The van der Waals surface area contributed by atoms with Gasteiger partial charge in [-0.05, 0) is 60.2 Å². The quantitative estimate of drug-likeness (QED) is 0.284. The number of carbonyl (C=O) groups excluding carboxylic acids is 2. The molecule has 5 aromatic rings. The molecule has 192 valence electrons. The smallest absolute Gasteiger partial charge is 0.335 e. The van der Waals surface area contributed by atoms with Crippen LogP contribution in [0.1, 0.15) is 31.1 Å². The first-order valence-corrected chi connectivity index (χ1v) is 11.9. The summed E-state index contributed by atoms with van der Waals surface area (Å²) in [5.41, 5.74) is 3.26. The van der Waals surface area contributed by atoms with E-state index in [-0.39, 0.29) is 28.3 Å². The van der Waals surface area contributed by atoms with Crippen LogP contribution >= 0.6 is 0 Å². The van der Waals surface area contributed by atoms with Crippen molar-refractivity contribution in [2.75, 3.05) is 19.1 Å². The van der Waals surface area contributed by atoms with Crippen molar-refractivity contribution in [1.82, 2.24) is 4.98 Å². The molecule has 1 aliphatic heterocycles. The molecule has 0 spiro atoms. The minimum atomic E-state index is -1.19. The van der Waals surface area contributed by atoms with Gasteiger partial charge in [0.1, 0.15) is 17.0 Å². The van der Waals surface area contributed by atoms with E-state index in [1.807, 2.05) is 24.3 Å². The topological polar surface area (TPSA) is 119 Å². The highest BCUT2D eigenvalue weighted by Crippen LogP contribution is 2.42. The number of ether oxygens (including phenoxy) is 2. The van der Waals surface area contributed by atoms with Gasteiger partial charge in [-0.25, -0.2) is 14.7 Å². The molecule has 0 aliphatic carbocycles. The number of para-hydroxylation sites is 1. The van der Waals surface area contributed by atoms with Gasteiger partial charge in [0.15, 0.2) is 5.58 Å². The number of carboxylic acid groups (broad SMARTS) is 1. The number of rotatable bonds is 6. The molecule has 9 nitrogen and oxygen atoms in total. The van der Waals surface area contributed by atoms with Crippen LogP contribution in [0.25, 0.3) is 33.7 Å². The van der Waals surface area contributed by atoms with Crippen LogP contribution in [0.15, 0.2) is 83.3 Å². The molecule has 1 N–H and O–H groups in total. The highest BCUT2D eigenvalue weighted by molar-refractivity contribution is 6.35. The molecule has 0 saturated carbocycles. The Bertz CT molecular complexity index is 1820. The summed E-state index contributed by atoms with van der Waals surface area (Å²) in [7, 11) is 3.16. The van der Waals surface area contributed by atoms with Crippen LogP contribution in [-0.4, -0.2) is 42.1 Å². The molecule has 4 aromatic carbocycles. The molecule has 2 heterocycles. The first kappa shape index (κ1) is 23.9. The molecule has 0 radical (unpaired) electrons. The molecular formula is C30H20N2O7. The van der Waals surface area contributed by atoms with Gasteiger partial charge >= 0.3 is 5.97 Å². The second-order valence-electron chi connectivity index (χ2n) is 8.77. The van der Waals surface area contributed by atoms with Crippen molar-refractivity contribution in [3.05, 3.63) is 95.6 Å². The Morgan fingerprint density at radius 2 is 1.64 bits per heavy atom. The van der Waals surface area contributed by atoms with Gasteiger partial charge in [-0.1, -0.05) is 24.3 Å². The lowest BCUT2D eigenvalue weighted by atomic mass is 10.0. The van der Waals surface area contributed by atoms with E-state index in [9.17, 15) is 19.5 Å². The van der Waals surface area contributed by atoms with Gasteiger partial charge in [-0.15, -0.1) is 0 Å². The van der Waals surface area contributed by atoms with E-state index in [0.717, 1.165) is 10.5 Å². The zero-order chi connectivity index (χ0) is 27.3. The molecule has 0 unspecified atom stereocenters. The fraction of sp³-hybridized carbons (Fsp3) is 0.0667. The van der Waals surface area contributed by atoms with Crippen molar-refractivity contribution in [2.24, 2.45) is 0 Å². The Labute approximate surface area is 221 Å². The minimum Gasteiger partial charge on any atom is -0.497 e. The van der Waals surface area contributed by atoms with Gasteiger partial charge in [-0.2, -0.15) is 0 Å². The van der Waals surface area contributed by atoms with Crippen molar-refractivity contribution in [3.8, 4) is 34.1 Å². The third-order valence-corrected chi connectivity index (χ3v) is 6.61. The zero-order valence-electron chi connectivity index (χ0n) is 20.8. The molecule has 39 heavy (non-hydrogen) atoms. The van der Waals surface area contributed by atoms with Crippen LogP contribution in [0.5, 0.6) is 11.5 Å². The van der Waals surface area contributed by atoms with Gasteiger partial charge in [0.05, 0.1) is 47.7 Å². The second kappa shape index (κ2) is 9.14. The molecule has 1 aromatic heterocycles. The first-order valence-electron chi connectivity index (χ1n) is 11.9. The number of carboxylic acids is 1. The number of amides is 2. The van der Waals surface area contributed by atoms with E-state index in [0.29, 0.717) is 33.7 Å². The van der Waals surface area contributed by atoms with Crippen molar-refractivity contribution >= 4 is 34.6 Å². The van der Waals surface area contributed by atoms with Crippen molar-refractivity contribution in [3.63, 3.8) is 0 Å².